The summed E-state index contributed by atoms with van der Waals surface area (Å²) in [5.74, 6) is 0.329. The number of piperidine rings is 1. The Bertz CT molecular complexity index is 1450. The number of halogens is 1. The highest BCUT2D eigenvalue weighted by Crippen LogP contribution is 2.37. The molecule has 1 saturated carbocycles. The van der Waals surface area contributed by atoms with Crippen molar-refractivity contribution in [3.05, 3.63) is 40.9 Å². The molecule has 5 heterocycles. The van der Waals surface area contributed by atoms with E-state index in [4.69, 9.17) is 30.8 Å². The summed E-state index contributed by atoms with van der Waals surface area (Å²) >= 11 is 6.60. The summed E-state index contributed by atoms with van der Waals surface area (Å²) in [4.78, 5) is 12.3. The lowest BCUT2D eigenvalue weighted by Crippen LogP contribution is -2.39. The summed E-state index contributed by atoms with van der Waals surface area (Å²) < 4.78 is 44.0. The minimum Gasteiger partial charge on any atom is -0.456 e. The van der Waals surface area contributed by atoms with Crippen LogP contribution in [0.15, 0.2) is 30.3 Å². The van der Waals surface area contributed by atoms with Gasteiger partial charge in [-0.05, 0) is 43.2 Å². The predicted molar refractivity (Wildman–Crippen MR) is 140 cm³/mol. The fourth-order valence-corrected chi connectivity index (χ4v) is 7.91. The standard InChI is InChI=1S/C26H29ClN4O6S/c27-18-11-19-25(30-26(28-19)37-21-13-36-23-20(32)12-35-24(21)23)29-22(18)16-3-1-14(2-4-16)15-7-9-31(10-8-15)38(33,34)17-5-6-17/h1-4,11,15,17,20-21,23-24,32H,5-10,12-13H2,(H,28,29,30)/t20-,21-,23-,24-/m1/s1. The van der Waals surface area contributed by atoms with Crippen molar-refractivity contribution < 1.29 is 27.7 Å². The minimum absolute atomic E-state index is 0.149. The van der Waals surface area contributed by atoms with Gasteiger partial charge < -0.3 is 24.3 Å². The summed E-state index contributed by atoms with van der Waals surface area (Å²) in [7, 11) is -3.10. The Morgan fingerprint density at radius 2 is 1.76 bits per heavy atom. The normalized spacial score (nSPS) is 28.7. The number of H-pyrrole nitrogens is 1. The van der Waals surface area contributed by atoms with Crippen molar-refractivity contribution in [2.75, 3.05) is 26.3 Å². The molecule has 10 nitrogen and oxygen atoms in total. The molecule has 0 radical (unpaired) electrons. The lowest BCUT2D eigenvalue weighted by molar-refractivity contribution is 0.00706. The zero-order chi connectivity index (χ0) is 26.0. The van der Waals surface area contributed by atoms with Crippen LogP contribution in [0.3, 0.4) is 0 Å². The van der Waals surface area contributed by atoms with Crippen molar-refractivity contribution in [3.63, 3.8) is 0 Å². The van der Waals surface area contributed by atoms with E-state index in [1.807, 2.05) is 12.1 Å². The third-order valence-corrected chi connectivity index (χ3v) is 10.8. The molecule has 2 aromatic heterocycles. The fraction of sp³-hybridized carbons (Fsp3) is 0.538. The van der Waals surface area contributed by atoms with Gasteiger partial charge in [-0.1, -0.05) is 35.9 Å². The number of nitrogens with zero attached hydrogens (tertiary/aromatic N) is 3. The van der Waals surface area contributed by atoms with Crippen molar-refractivity contribution >= 4 is 32.8 Å². The summed E-state index contributed by atoms with van der Waals surface area (Å²) in [5.41, 5.74) is 3.83. The van der Waals surface area contributed by atoms with E-state index in [9.17, 15) is 13.5 Å². The van der Waals surface area contributed by atoms with Crippen molar-refractivity contribution in [3.8, 4) is 17.3 Å². The molecule has 38 heavy (non-hydrogen) atoms. The van der Waals surface area contributed by atoms with Gasteiger partial charge in [0.2, 0.25) is 10.0 Å². The Balaban J connectivity index is 1.05. The first-order valence-electron chi connectivity index (χ1n) is 13.1. The molecule has 3 saturated heterocycles. The van der Waals surface area contributed by atoms with Crippen LogP contribution in [0.4, 0.5) is 0 Å². The fourth-order valence-electron chi connectivity index (χ4n) is 5.78. The van der Waals surface area contributed by atoms with E-state index < -0.39 is 16.1 Å². The Morgan fingerprint density at radius 3 is 2.50 bits per heavy atom. The Labute approximate surface area is 225 Å². The number of hydrogen-bond donors (Lipinski definition) is 2. The Kier molecular flexibility index (Phi) is 6.14. The van der Waals surface area contributed by atoms with Crippen LogP contribution in [0.2, 0.25) is 5.02 Å². The van der Waals surface area contributed by atoms with Gasteiger partial charge in [-0.15, -0.1) is 0 Å². The molecule has 1 aromatic carbocycles. The van der Waals surface area contributed by atoms with Gasteiger partial charge in [0.15, 0.2) is 11.8 Å². The maximum Gasteiger partial charge on any atom is 0.296 e. The van der Waals surface area contributed by atoms with E-state index in [-0.39, 0.29) is 30.2 Å². The quantitative estimate of drug-likeness (QED) is 0.471. The number of aromatic nitrogens is 3. The number of aliphatic hydroxyl groups excluding tert-OH is 1. The third kappa shape index (κ3) is 4.39. The van der Waals surface area contributed by atoms with Crippen LogP contribution in [0.25, 0.3) is 22.4 Å². The number of fused-ring (bicyclic) bond motifs is 2. The van der Waals surface area contributed by atoms with E-state index in [2.05, 4.69) is 22.1 Å². The first kappa shape index (κ1) is 24.7. The summed E-state index contributed by atoms with van der Waals surface area (Å²) in [6.07, 6.45) is 1.52. The lowest BCUT2D eigenvalue weighted by Gasteiger charge is -2.31. The first-order valence-corrected chi connectivity index (χ1v) is 15.0. The van der Waals surface area contributed by atoms with Crippen molar-refractivity contribution in [1.29, 1.82) is 0 Å². The first-order chi connectivity index (χ1) is 18.4. The number of rotatable bonds is 6. The molecular weight excluding hydrogens is 532 g/mol. The van der Waals surface area contributed by atoms with E-state index in [1.165, 1.54) is 5.56 Å². The summed E-state index contributed by atoms with van der Waals surface area (Å²) in [6, 6.07) is 10.3. The average Bonchev–Trinajstić information content (AvgIpc) is 3.48. The summed E-state index contributed by atoms with van der Waals surface area (Å²) in [5, 5.41) is 10.3. The zero-order valence-electron chi connectivity index (χ0n) is 20.6. The second-order valence-electron chi connectivity index (χ2n) is 10.6. The van der Waals surface area contributed by atoms with Crippen molar-refractivity contribution in [1.82, 2.24) is 19.3 Å². The third-order valence-electron chi connectivity index (χ3n) is 8.06. The second-order valence-corrected chi connectivity index (χ2v) is 13.2. The number of pyridine rings is 1. The van der Waals surface area contributed by atoms with Gasteiger partial charge in [0.25, 0.3) is 6.01 Å². The maximum absolute atomic E-state index is 12.5. The number of ether oxygens (including phenoxy) is 3. The molecule has 4 fully saturated rings. The van der Waals surface area contributed by atoms with Crippen LogP contribution in [0.5, 0.6) is 6.01 Å². The maximum atomic E-state index is 12.5. The van der Waals surface area contributed by atoms with Gasteiger partial charge in [0.05, 0.1) is 34.7 Å². The van der Waals surface area contributed by atoms with E-state index in [0.717, 1.165) is 31.2 Å². The van der Waals surface area contributed by atoms with Crippen LogP contribution >= 0.6 is 11.6 Å². The minimum atomic E-state index is -3.10. The predicted octanol–water partition coefficient (Wildman–Crippen LogP) is 2.86. The highest BCUT2D eigenvalue weighted by Gasteiger charge is 2.48. The van der Waals surface area contributed by atoms with Crippen molar-refractivity contribution in [2.45, 2.75) is 61.3 Å². The highest BCUT2D eigenvalue weighted by molar-refractivity contribution is 7.90. The molecule has 202 valence electrons. The number of nitrogens with one attached hydrogen (secondary N) is 1. The molecule has 0 bridgehead atoms. The van der Waals surface area contributed by atoms with Gasteiger partial charge in [-0.3, -0.25) is 0 Å². The molecule has 0 spiro atoms. The number of imidazole rings is 1. The zero-order valence-corrected chi connectivity index (χ0v) is 22.2. The topological polar surface area (TPSA) is 127 Å². The number of sulfonamides is 1. The lowest BCUT2D eigenvalue weighted by atomic mass is 9.89. The number of aliphatic hydroxyl groups is 1. The van der Waals surface area contributed by atoms with Crippen LogP contribution in [-0.4, -0.2) is 88.8 Å². The highest BCUT2D eigenvalue weighted by atomic mass is 35.5. The van der Waals surface area contributed by atoms with Gasteiger partial charge in [0, 0.05) is 18.7 Å². The van der Waals surface area contributed by atoms with Crippen molar-refractivity contribution in [2.24, 2.45) is 0 Å². The van der Waals surface area contributed by atoms with Crippen LogP contribution < -0.4 is 4.74 Å². The molecule has 4 atom stereocenters. The molecule has 3 aliphatic heterocycles. The SMILES string of the molecule is O=S(=O)(C1CC1)N1CCC(c2ccc(-c3nc4nc(O[C@@H]5CO[C@H]6[C@@H]5OC[C@H]6O)[nH]c4cc3Cl)cc2)CC1. The molecule has 4 aliphatic rings. The van der Waals surface area contributed by atoms with Crippen LogP contribution in [0.1, 0.15) is 37.2 Å². The molecule has 3 aromatic rings. The summed E-state index contributed by atoms with van der Waals surface area (Å²) in [6.45, 7) is 1.71. The number of hydrogen-bond acceptors (Lipinski definition) is 8. The van der Waals surface area contributed by atoms with Gasteiger partial charge in [-0.2, -0.15) is 4.98 Å². The molecule has 7 rings (SSSR count). The van der Waals surface area contributed by atoms with Gasteiger partial charge in [0.1, 0.15) is 18.3 Å². The van der Waals surface area contributed by atoms with Gasteiger partial charge >= 0.3 is 0 Å². The largest absolute Gasteiger partial charge is 0.456 e. The smallest absolute Gasteiger partial charge is 0.296 e. The molecule has 0 amide bonds. The molecule has 0 unspecified atom stereocenters. The van der Waals surface area contributed by atoms with Gasteiger partial charge in [-0.25, -0.2) is 17.7 Å². The van der Waals surface area contributed by atoms with E-state index >= 15 is 0 Å². The number of aromatic amines is 1. The number of benzene rings is 1. The Hall–Kier alpha value is -2.28. The van der Waals surface area contributed by atoms with Crippen LogP contribution in [0, 0.1) is 0 Å². The van der Waals surface area contributed by atoms with E-state index in [1.54, 1.807) is 10.4 Å². The average molecular weight is 561 g/mol. The molecule has 12 heteroatoms. The van der Waals surface area contributed by atoms with E-state index in [0.29, 0.717) is 53.5 Å². The Morgan fingerprint density at radius 1 is 1.03 bits per heavy atom. The van der Waals surface area contributed by atoms with Crippen LogP contribution in [-0.2, 0) is 19.5 Å². The second kappa shape index (κ2) is 9.42. The monoisotopic (exact) mass is 560 g/mol. The molecule has 1 aliphatic carbocycles. The molecule has 2 N–H and O–H groups in total. The molecular formula is C26H29ClN4O6S.